The lowest BCUT2D eigenvalue weighted by molar-refractivity contribution is 0.508. The average Bonchev–Trinajstić information content (AvgIpc) is 2.14. The zero-order valence-electron chi connectivity index (χ0n) is 10.3. The highest BCUT2D eigenvalue weighted by Gasteiger charge is 2.09. The van der Waals surface area contributed by atoms with Crippen molar-refractivity contribution < 1.29 is 0 Å². The predicted octanol–water partition coefficient (Wildman–Crippen LogP) is 3.27. The smallest absolute Gasteiger partial charge is 0.189 e. The Labute approximate surface area is 128 Å². The normalized spacial score (nSPS) is 11.9. The van der Waals surface area contributed by atoms with Crippen molar-refractivity contribution >= 4 is 45.9 Å². The monoisotopic (exact) mass is 411 g/mol. The summed E-state index contributed by atoms with van der Waals surface area (Å²) in [6.07, 6.45) is 0. The van der Waals surface area contributed by atoms with Gasteiger partial charge in [-0.05, 0) is 38.5 Å². The first-order valence-electron chi connectivity index (χ1n) is 5.19. The fourth-order valence-corrected chi connectivity index (χ4v) is 1.45. The third kappa shape index (κ3) is 7.59. The van der Waals surface area contributed by atoms with Crippen molar-refractivity contribution in [3.8, 4) is 0 Å². The van der Waals surface area contributed by atoms with Crippen molar-refractivity contribution in [2.75, 3.05) is 0 Å². The van der Waals surface area contributed by atoms with E-state index in [9.17, 15) is 0 Å². The molecule has 96 valence electrons. The molecule has 0 heterocycles. The van der Waals surface area contributed by atoms with Gasteiger partial charge in [0.1, 0.15) is 0 Å². The van der Waals surface area contributed by atoms with Gasteiger partial charge in [0.05, 0.1) is 6.54 Å². The van der Waals surface area contributed by atoms with Crippen LogP contribution in [0.2, 0.25) is 0 Å². The molecule has 1 aromatic rings. The SMILES string of the molecule is CC(C)(C)NC(N)=NCc1ccc(Br)cc1.I. The van der Waals surface area contributed by atoms with Crippen LogP contribution in [0, 0.1) is 0 Å². The summed E-state index contributed by atoms with van der Waals surface area (Å²) in [4.78, 5) is 4.28. The van der Waals surface area contributed by atoms with Gasteiger partial charge in [0.2, 0.25) is 0 Å². The fraction of sp³-hybridized carbons (Fsp3) is 0.417. The minimum Gasteiger partial charge on any atom is -0.370 e. The van der Waals surface area contributed by atoms with E-state index in [1.807, 2.05) is 24.3 Å². The lowest BCUT2D eigenvalue weighted by Crippen LogP contribution is -2.44. The highest BCUT2D eigenvalue weighted by Crippen LogP contribution is 2.11. The number of halogens is 2. The molecule has 0 aliphatic carbocycles. The molecule has 0 aromatic heterocycles. The molecule has 0 bridgehead atoms. The van der Waals surface area contributed by atoms with Crippen molar-refractivity contribution in [1.29, 1.82) is 0 Å². The zero-order chi connectivity index (χ0) is 12.2. The van der Waals surface area contributed by atoms with Crippen LogP contribution in [0.3, 0.4) is 0 Å². The van der Waals surface area contributed by atoms with Gasteiger partial charge in [-0.15, -0.1) is 24.0 Å². The summed E-state index contributed by atoms with van der Waals surface area (Å²) in [6, 6.07) is 8.05. The maximum atomic E-state index is 5.77. The van der Waals surface area contributed by atoms with Gasteiger partial charge in [-0.1, -0.05) is 28.1 Å². The second-order valence-corrected chi connectivity index (χ2v) is 5.62. The van der Waals surface area contributed by atoms with Gasteiger partial charge in [0.15, 0.2) is 5.96 Å². The average molecular weight is 412 g/mol. The Hall–Kier alpha value is -0.300. The Balaban J connectivity index is 0.00000256. The molecule has 0 aliphatic rings. The Morgan fingerprint density at radius 2 is 1.82 bits per heavy atom. The van der Waals surface area contributed by atoms with Crippen molar-refractivity contribution in [3.05, 3.63) is 34.3 Å². The molecule has 0 fully saturated rings. The maximum Gasteiger partial charge on any atom is 0.189 e. The van der Waals surface area contributed by atoms with E-state index < -0.39 is 0 Å². The minimum absolute atomic E-state index is 0. The number of guanidine groups is 1. The van der Waals surface area contributed by atoms with Crippen LogP contribution >= 0.6 is 39.9 Å². The van der Waals surface area contributed by atoms with Gasteiger partial charge in [0, 0.05) is 10.0 Å². The molecule has 1 aromatic carbocycles. The summed E-state index contributed by atoms with van der Waals surface area (Å²) in [6.45, 7) is 6.75. The molecule has 3 nitrogen and oxygen atoms in total. The standard InChI is InChI=1S/C12H18BrN3.HI/c1-12(2,3)16-11(14)15-8-9-4-6-10(13)7-5-9;/h4-7H,8H2,1-3H3,(H3,14,15,16);1H. The van der Waals surface area contributed by atoms with Crippen LogP contribution in [-0.4, -0.2) is 11.5 Å². The van der Waals surface area contributed by atoms with Crippen LogP contribution in [0.1, 0.15) is 26.3 Å². The van der Waals surface area contributed by atoms with Crippen LogP contribution < -0.4 is 11.1 Å². The molecular formula is C12H19BrIN3. The van der Waals surface area contributed by atoms with Crippen molar-refractivity contribution in [1.82, 2.24) is 5.32 Å². The fourth-order valence-electron chi connectivity index (χ4n) is 1.19. The molecule has 0 atom stereocenters. The predicted molar refractivity (Wildman–Crippen MR) is 87.8 cm³/mol. The molecule has 3 N–H and O–H groups in total. The number of nitrogens with zero attached hydrogens (tertiary/aromatic N) is 1. The van der Waals surface area contributed by atoms with E-state index in [-0.39, 0.29) is 29.5 Å². The van der Waals surface area contributed by atoms with E-state index >= 15 is 0 Å². The van der Waals surface area contributed by atoms with Crippen LogP contribution in [0.5, 0.6) is 0 Å². The third-order valence-electron chi connectivity index (χ3n) is 1.85. The quantitative estimate of drug-likeness (QED) is 0.445. The first kappa shape index (κ1) is 16.7. The van der Waals surface area contributed by atoms with Gasteiger partial charge in [-0.25, -0.2) is 4.99 Å². The highest BCUT2D eigenvalue weighted by molar-refractivity contribution is 14.0. The number of aliphatic imine (C=N–C) groups is 1. The summed E-state index contributed by atoms with van der Waals surface area (Å²) < 4.78 is 1.07. The van der Waals surface area contributed by atoms with Gasteiger partial charge in [0.25, 0.3) is 0 Å². The van der Waals surface area contributed by atoms with Gasteiger partial charge in [-0.3, -0.25) is 0 Å². The van der Waals surface area contributed by atoms with E-state index in [2.05, 4.69) is 47.0 Å². The number of hydrogen-bond acceptors (Lipinski definition) is 1. The van der Waals surface area contributed by atoms with Crippen LogP contribution in [-0.2, 0) is 6.54 Å². The summed E-state index contributed by atoms with van der Waals surface area (Å²) >= 11 is 3.39. The van der Waals surface area contributed by atoms with Crippen LogP contribution in [0.4, 0.5) is 0 Å². The molecule has 0 aliphatic heterocycles. The third-order valence-corrected chi connectivity index (χ3v) is 2.38. The zero-order valence-corrected chi connectivity index (χ0v) is 14.2. The molecule has 5 heteroatoms. The Morgan fingerprint density at radius 3 is 2.29 bits per heavy atom. The van der Waals surface area contributed by atoms with Crippen molar-refractivity contribution in [2.24, 2.45) is 10.7 Å². The van der Waals surface area contributed by atoms with Gasteiger partial charge < -0.3 is 11.1 Å². The number of nitrogens with one attached hydrogen (secondary N) is 1. The maximum absolute atomic E-state index is 5.77. The Bertz CT molecular complexity index is 368. The van der Waals surface area contributed by atoms with E-state index in [0.717, 1.165) is 10.0 Å². The second kappa shape index (κ2) is 7.20. The Kier molecular flexibility index (Phi) is 7.08. The van der Waals surface area contributed by atoms with Crippen molar-refractivity contribution in [2.45, 2.75) is 32.9 Å². The lowest BCUT2D eigenvalue weighted by Gasteiger charge is -2.20. The number of benzene rings is 1. The topological polar surface area (TPSA) is 50.4 Å². The van der Waals surface area contributed by atoms with Crippen molar-refractivity contribution in [3.63, 3.8) is 0 Å². The molecule has 0 saturated heterocycles. The molecular weight excluding hydrogens is 393 g/mol. The molecule has 0 amide bonds. The highest BCUT2D eigenvalue weighted by atomic mass is 127. The second-order valence-electron chi connectivity index (χ2n) is 4.70. The number of rotatable bonds is 2. The molecule has 1 rings (SSSR count). The number of nitrogens with two attached hydrogens (primary N) is 1. The summed E-state index contributed by atoms with van der Waals surface area (Å²) in [5.74, 6) is 0.482. The summed E-state index contributed by atoms with van der Waals surface area (Å²) in [5.41, 5.74) is 6.86. The largest absolute Gasteiger partial charge is 0.370 e. The summed E-state index contributed by atoms with van der Waals surface area (Å²) in [5, 5.41) is 3.12. The molecule has 0 unspecified atom stereocenters. The van der Waals surface area contributed by atoms with Crippen LogP contribution in [0.25, 0.3) is 0 Å². The Morgan fingerprint density at radius 1 is 1.29 bits per heavy atom. The van der Waals surface area contributed by atoms with E-state index in [4.69, 9.17) is 5.73 Å². The summed E-state index contributed by atoms with van der Waals surface area (Å²) in [7, 11) is 0. The van der Waals surface area contributed by atoms with Gasteiger partial charge in [-0.2, -0.15) is 0 Å². The van der Waals surface area contributed by atoms with E-state index in [1.54, 1.807) is 0 Å². The molecule has 0 spiro atoms. The van der Waals surface area contributed by atoms with Crippen LogP contribution in [0.15, 0.2) is 33.7 Å². The number of hydrogen-bond donors (Lipinski definition) is 2. The molecule has 0 saturated carbocycles. The van der Waals surface area contributed by atoms with Gasteiger partial charge >= 0.3 is 0 Å². The lowest BCUT2D eigenvalue weighted by atomic mass is 10.1. The molecule has 17 heavy (non-hydrogen) atoms. The molecule has 0 radical (unpaired) electrons. The minimum atomic E-state index is -0.0483. The van der Waals surface area contributed by atoms with E-state index in [0.29, 0.717) is 12.5 Å². The first-order valence-corrected chi connectivity index (χ1v) is 5.99. The first-order chi connectivity index (χ1) is 7.37. The van der Waals surface area contributed by atoms with E-state index in [1.165, 1.54) is 0 Å².